The summed E-state index contributed by atoms with van der Waals surface area (Å²) in [7, 11) is 1.34. The minimum atomic E-state index is -4.29. The van der Waals surface area contributed by atoms with Gasteiger partial charge in [-0.05, 0) is 0 Å². The van der Waals surface area contributed by atoms with E-state index in [1.165, 1.54) is 7.05 Å². The molecule has 1 amide bonds. The van der Waals surface area contributed by atoms with Crippen molar-refractivity contribution < 1.29 is 18.0 Å². The predicted molar refractivity (Wildman–Crippen MR) is 40.0 cm³/mol. The van der Waals surface area contributed by atoms with Crippen LogP contribution in [0.15, 0.2) is 0 Å². The van der Waals surface area contributed by atoms with Crippen LogP contribution in [0.5, 0.6) is 0 Å². The van der Waals surface area contributed by atoms with Crippen LogP contribution in [-0.2, 0) is 4.79 Å². The summed E-state index contributed by atoms with van der Waals surface area (Å²) in [6.45, 7) is -0.0641. The Bertz CT molecular complexity index is 204. The van der Waals surface area contributed by atoms with Gasteiger partial charge in [0.1, 0.15) is 0 Å². The van der Waals surface area contributed by atoms with Crippen LogP contribution in [0.4, 0.5) is 13.2 Å². The molecular weight excluding hydrogens is 185 g/mol. The molecule has 1 fully saturated rings. The van der Waals surface area contributed by atoms with Crippen LogP contribution >= 0.6 is 0 Å². The number of carbonyl (C=O) groups is 1. The smallest absolute Gasteiger partial charge is 0.359 e. The highest BCUT2D eigenvalue weighted by Gasteiger charge is 2.49. The van der Waals surface area contributed by atoms with Crippen molar-refractivity contribution in [2.45, 2.75) is 6.18 Å². The van der Waals surface area contributed by atoms with Crippen molar-refractivity contribution in [2.24, 2.45) is 11.8 Å². The molecule has 0 radical (unpaired) electrons. The number of halogens is 3. The number of carbonyl (C=O) groups excluding carboxylic acids is 1. The third kappa shape index (κ3) is 2.12. The van der Waals surface area contributed by atoms with Gasteiger partial charge in [-0.3, -0.25) is 4.79 Å². The predicted octanol–water partition coefficient (Wildman–Crippen LogP) is 0.130. The highest BCUT2D eigenvalue weighted by molar-refractivity contribution is 5.79. The molecule has 0 aromatic carbocycles. The molecule has 0 aromatic rings. The van der Waals surface area contributed by atoms with Crippen molar-refractivity contribution in [1.29, 1.82) is 0 Å². The van der Waals surface area contributed by atoms with E-state index in [2.05, 4.69) is 10.6 Å². The molecule has 1 heterocycles. The van der Waals surface area contributed by atoms with Crippen LogP contribution in [0, 0.1) is 11.8 Å². The molecule has 0 spiro atoms. The first kappa shape index (κ1) is 10.3. The van der Waals surface area contributed by atoms with Crippen molar-refractivity contribution in [3.8, 4) is 0 Å². The van der Waals surface area contributed by atoms with E-state index in [4.69, 9.17) is 0 Å². The highest BCUT2D eigenvalue weighted by Crippen LogP contribution is 2.34. The summed E-state index contributed by atoms with van der Waals surface area (Å²) >= 11 is 0. The van der Waals surface area contributed by atoms with Gasteiger partial charge in [0.15, 0.2) is 0 Å². The molecule has 76 valence electrons. The Labute approximate surface area is 73.7 Å². The molecule has 2 atom stereocenters. The fourth-order valence-corrected chi connectivity index (χ4v) is 1.48. The monoisotopic (exact) mass is 196 g/mol. The zero-order valence-electron chi connectivity index (χ0n) is 7.11. The van der Waals surface area contributed by atoms with Crippen LogP contribution < -0.4 is 10.6 Å². The number of rotatable bonds is 1. The maximum Gasteiger partial charge on any atom is 0.393 e. The first-order valence-corrected chi connectivity index (χ1v) is 3.96. The summed E-state index contributed by atoms with van der Waals surface area (Å²) in [5.41, 5.74) is 0. The Kier molecular flexibility index (Phi) is 2.80. The third-order valence-corrected chi connectivity index (χ3v) is 2.22. The molecule has 2 N–H and O–H groups in total. The highest BCUT2D eigenvalue weighted by atomic mass is 19.4. The summed E-state index contributed by atoms with van der Waals surface area (Å²) in [5.74, 6) is -3.08. The van der Waals surface area contributed by atoms with Gasteiger partial charge in [-0.25, -0.2) is 0 Å². The first-order chi connectivity index (χ1) is 5.96. The molecule has 0 aromatic heterocycles. The Morgan fingerprint density at radius 3 is 2.54 bits per heavy atom. The van der Waals surface area contributed by atoms with E-state index in [-0.39, 0.29) is 13.1 Å². The summed E-state index contributed by atoms with van der Waals surface area (Å²) in [4.78, 5) is 11.0. The molecule has 1 aliphatic rings. The zero-order chi connectivity index (χ0) is 10.1. The second-order valence-electron chi connectivity index (χ2n) is 3.03. The van der Waals surface area contributed by atoms with E-state index >= 15 is 0 Å². The van der Waals surface area contributed by atoms with Gasteiger partial charge in [0.05, 0.1) is 11.8 Å². The van der Waals surface area contributed by atoms with Gasteiger partial charge < -0.3 is 10.6 Å². The largest absolute Gasteiger partial charge is 0.393 e. The molecule has 1 aliphatic heterocycles. The number of alkyl halides is 3. The molecule has 1 rings (SSSR count). The molecule has 0 unspecified atom stereocenters. The minimum absolute atomic E-state index is 0.101. The first-order valence-electron chi connectivity index (χ1n) is 3.96. The van der Waals surface area contributed by atoms with Crippen molar-refractivity contribution in [3.05, 3.63) is 0 Å². The van der Waals surface area contributed by atoms with Crippen LogP contribution in [0.2, 0.25) is 0 Å². The molecule has 0 aliphatic carbocycles. The topological polar surface area (TPSA) is 41.1 Å². The molecule has 0 saturated carbocycles. The van der Waals surface area contributed by atoms with Crippen molar-refractivity contribution in [3.63, 3.8) is 0 Å². The lowest BCUT2D eigenvalue weighted by atomic mass is 9.95. The second kappa shape index (κ2) is 3.53. The van der Waals surface area contributed by atoms with Gasteiger partial charge in [0, 0.05) is 20.1 Å². The number of amides is 1. The summed E-state index contributed by atoms with van der Waals surface area (Å²) in [6.07, 6.45) is -4.29. The average Bonchev–Trinajstić information content (AvgIpc) is 2.49. The van der Waals surface area contributed by atoms with Crippen molar-refractivity contribution >= 4 is 5.91 Å². The van der Waals surface area contributed by atoms with E-state index in [0.717, 1.165) is 0 Å². The van der Waals surface area contributed by atoms with Gasteiger partial charge in [0.2, 0.25) is 5.91 Å². The van der Waals surface area contributed by atoms with Crippen molar-refractivity contribution in [2.75, 3.05) is 20.1 Å². The number of hydrogen-bond acceptors (Lipinski definition) is 2. The van der Waals surface area contributed by atoms with Crippen LogP contribution in [0.1, 0.15) is 0 Å². The van der Waals surface area contributed by atoms with Gasteiger partial charge in [-0.15, -0.1) is 0 Å². The minimum Gasteiger partial charge on any atom is -0.359 e. The Morgan fingerprint density at radius 1 is 1.46 bits per heavy atom. The van der Waals surface area contributed by atoms with E-state index in [1.807, 2.05) is 0 Å². The quantitative estimate of drug-likeness (QED) is 0.626. The van der Waals surface area contributed by atoms with Crippen LogP contribution in [-0.4, -0.2) is 32.2 Å². The van der Waals surface area contributed by atoms with Crippen molar-refractivity contribution in [1.82, 2.24) is 10.6 Å². The molecule has 3 nitrogen and oxygen atoms in total. The lowest BCUT2D eigenvalue weighted by Crippen LogP contribution is -2.38. The molecule has 13 heavy (non-hydrogen) atoms. The second-order valence-corrected chi connectivity index (χ2v) is 3.03. The molecular formula is C7H11F3N2O. The lowest BCUT2D eigenvalue weighted by molar-refractivity contribution is -0.182. The average molecular weight is 196 g/mol. The third-order valence-electron chi connectivity index (χ3n) is 2.22. The molecule has 0 bridgehead atoms. The normalized spacial score (nSPS) is 28.9. The molecule has 6 heteroatoms. The summed E-state index contributed by atoms with van der Waals surface area (Å²) in [5, 5.41) is 4.79. The lowest BCUT2D eigenvalue weighted by Gasteiger charge is -2.19. The zero-order valence-corrected chi connectivity index (χ0v) is 7.11. The SMILES string of the molecule is CNC(=O)[C@@H]1CNC[C@H]1C(F)(F)F. The number of nitrogens with one attached hydrogen (secondary N) is 2. The Morgan fingerprint density at radius 2 is 2.08 bits per heavy atom. The fourth-order valence-electron chi connectivity index (χ4n) is 1.48. The number of hydrogen-bond donors (Lipinski definition) is 2. The van der Waals surface area contributed by atoms with Gasteiger partial charge >= 0.3 is 6.18 Å². The summed E-state index contributed by atoms with van der Waals surface area (Å²) in [6, 6.07) is 0. The maximum absolute atomic E-state index is 12.3. The van der Waals surface area contributed by atoms with E-state index in [9.17, 15) is 18.0 Å². The maximum atomic E-state index is 12.3. The Hall–Kier alpha value is -0.780. The summed E-state index contributed by atoms with van der Waals surface area (Å²) < 4.78 is 36.9. The van der Waals surface area contributed by atoms with Gasteiger partial charge in [-0.2, -0.15) is 13.2 Å². The standard InChI is InChI=1S/C7H11F3N2O/c1-11-6(13)4-2-12-3-5(4)7(8,9)10/h4-5,12H,2-3H2,1H3,(H,11,13)/t4-,5-/m1/s1. The van der Waals surface area contributed by atoms with E-state index < -0.39 is 23.9 Å². The van der Waals surface area contributed by atoms with Gasteiger partial charge in [0.25, 0.3) is 0 Å². The fraction of sp³-hybridized carbons (Fsp3) is 0.857. The van der Waals surface area contributed by atoms with Gasteiger partial charge in [-0.1, -0.05) is 0 Å². The Balaban J connectivity index is 2.70. The van der Waals surface area contributed by atoms with E-state index in [1.54, 1.807) is 0 Å². The van der Waals surface area contributed by atoms with Crippen LogP contribution in [0.25, 0.3) is 0 Å². The molecule has 1 saturated heterocycles. The van der Waals surface area contributed by atoms with E-state index in [0.29, 0.717) is 0 Å². The van der Waals surface area contributed by atoms with Crippen LogP contribution in [0.3, 0.4) is 0 Å².